The second kappa shape index (κ2) is 9.25. The lowest BCUT2D eigenvalue weighted by atomic mass is 10.2. The summed E-state index contributed by atoms with van der Waals surface area (Å²) < 4.78 is 46.5. The van der Waals surface area contributed by atoms with Crippen molar-refractivity contribution in [3.8, 4) is 17.2 Å². The Labute approximate surface area is 191 Å². The third-order valence-corrected chi connectivity index (χ3v) is 5.90. The van der Waals surface area contributed by atoms with Crippen LogP contribution in [0, 0.1) is 0 Å². The Balaban J connectivity index is 2.05. The van der Waals surface area contributed by atoms with Crippen LogP contribution in [0.1, 0.15) is 5.69 Å². The van der Waals surface area contributed by atoms with Gasteiger partial charge in [-0.1, -0.05) is 12.1 Å². The van der Waals surface area contributed by atoms with Crippen LogP contribution >= 0.6 is 27.7 Å². The standard InChI is InChI=1S/C20H14BrF3N2O5S/c1-25-16(20(22,23)24)9-17(27)26(19(25)30)11-6-7-12(21)14(8-11)31-13-4-2-3-5-15(13)32-10-18(28)29/h2-9H,10H2,1H3,(H,28,29). The number of benzene rings is 2. The third-order valence-electron chi connectivity index (χ3n) is 4.20. The maximum Gasteiger partial charge on any atom is 0.431 e. The number of carbonyl (C=O) groups is 1. The fourth-order valence-corrected chi connectivity index (χ4v) is 3.79. The van der Waals surface area contributed by atoms with Crippen LogP contribution in [0.15, 0.2) is 67.5 Å². The Bertz CT molecular complexity index is 1300. The van der Waals surface area contributed by atoms with E-state index < -0.39 is 29.1 Å². The Morgan fingerprint density at radius 1 is 1.12 bits per heavy atom. The summed E-state index contributed by atoms with van der Waals surface area (Å²) in [5, 5.41) is 8.90. The molecule has 1 heterocycles. The molecule has 168 valence electrons. The molecule has 0 amide bonds. The maximum absolute atomic E-state index is 13.1. The van der Waals surface area contributed by atoms with Crippen LogP contribution in [0.25, 0.3) is 5.69 Å². The molecule has 32 heavy (non-hydrogen) atoms. The van der Waals surface area contributed by atoms with Crippen molar-refractivity contribution in [2.24, 2.45) is 7.05 Å². The van der Waals surface area contributed by atoms with Crippen molar-refractivity contribution in [3.05, 3.63) is 79.5 Å². The number of halogens is 4. The summed E-state index contributed by atoms with van der Waals surface area (Å²) in [5.41, 5.74) is -3.68. The van der Waals surface area contributed by atoms with Crippen LogP contribution in [0.2, 0.25) is 0 Å². The number of aliphatic carboxylic acids is 1. The largest absolute Gasteiger partial charge is 0.481 e. The number of rotatable bonds is 6. The molecule has 1 aromatic heterocycles. The molecule has 0 aliphatic heterocycles. The average Bonchev–Trinajstić information content (AvgIpc) is 2.71. The number of para-hydroxylation sites is 1. The van der Waals surface area contributed by atoms with E-state index in [1.54, 1.807) is 24.3 Å². The summed E-state index contributed by atoms with van der Waals surface area (Å²) in [4.78, 5) is 36.3. The Morgan fingerprint density at radius 2 is 1.81 bits per heavy atom. The topological polar surface area (TPSA) is 90.5 Å². The van der Waals surface area contributed by atoms with Gasteiger partial charge in [0.1, 0.15) is 17.2 Å². The lowest BCUT2D eigenvalue weighted by Crippen LogP contribution is -2.40. The minimum absolute atomic E-state index is 0.00167. The van der Waals surface area contributed by atoms with Crippen molar-refractivity contribution >= 4 is 33.7 Å². The average molecular weight is 531 g/mol. The SMILES string of the molecule is Cn1c(C(F)(F)F)cc(=O)n(-c2ccc(Br)c(Oc3ccccc3SCC(=O)O)c2)c1=O. The lowest BCUT2D eigenvalue weighted by molar-refractivity contribution is -0.144. The van der Waals surface area contributed by atoms with E-state index in [0.29, 0.717) is 30.3 Å². The Hall–Kier alpha value is -2.99. The molecule has 0 spiro atoms. The van der Waals surface area contributed by atoms with Crippen LogP contribution in [-0.2, 0) is 18.0 Å². The second-order valence-corrected chi connectivity index (χ2v) is 8.26. The number of aromatic nitrogens is 2. The van der Waals surface area contributed by atoms with Gasteiger partial charge in [-0.25, -0.2) is 9.36 Å². The molecule has 0 saturated heterocycles. The van der Waals surface area contributed by atoms with Gasteiger partial charge in [0.25, 0.3) is 5.56 Å². The minimum atomic E-state index is -4.86. The van der Waals surface area contributed by atoms with Crippen LogP contribution in [0.3, 0.4) is 0 Å². The fraction of sp³-hybridized carbons (Fsp3) is 0.150. The number of carboxylic acid groups (broad SMARTS) is 1. The van der Waals surface area contributed by atoms with Gasteiger partial charge in [0.15, 0.2) is 0 Å². The number of hydrogen-bond acceptors (Lipinski definition) is 5. The van der Waals surface area contributed by atoms with Gasteiger partial charge in [-0.3, -0.25) is 14.2 Å². The summed E-state index contributed by atoms with van der Waals surface area (Å²) >= 11 is 4.33. The van der Waals surface area contributed by atoms with Gasteiger partial charge in [0.05, 0.1) is 20.8 Å². The maximum atomic E-state index is 13.1. The first-order chi connectivity index (χ1) is 15.0. The summed E-state index contributed by atoms with van der Waals surface area (Å²) in [7, 11) is 0.924. The van der Waals surface area contributed by atoms with E-state index in [1.165, 1.54) is 18.2 Å². The first-order valence-corrected chi connectivity index (χ1v) is 10.6. The smallest absolute Gasteiger partial charge is 0.431 e. The highest BCUT2D eigenvalue weighted by molar-refractivity contribution is 9.10. The van der Waals surface area contributed by atoms with Gasteiger partial charge in [-0.15, -0.1) is 11.8 Å². The van der Waals surface area contributed by atoms with Crippen LogP contribution in [0.4, 0.5) is 13.2 Å². The molecule has 12 heteroatoms. The third kappa shape index (κ3) is 5.07. The molecule has 3 rings (SSSR count). The number of alkyl halides is 3. The molecule has 0 bridgehead atoms. The zero-order valence-corrected chi connectivity index (χ0v) is 18.6. The zero-order chi connectivity index (χ0) is 23.6. The van der Waals surface area contributed by atoms with Crippen molar-refractivity contribution in [2.75, 3.05) is 5.75 Å². The molecule has 0 radical (unpaired) electrons. The van der Waals surface area contributed by atoms with Crippen LogP contribution < -0.4 is 16.0 Å². The van der Waals surface area contributed by atoms with Crippen LogP contribution in [-0.4, -0.2) is 26.0 Å². The highest BCUT2D eigenvalue weighted by Crippen LogP contribution is 2.36. The van der Waals surface area contributed by atoms with E-state index in [4.69, 9.17) is 9.84 Å². The quantitative estimate of drug-likeness (QED) is 0.478. The van der Waals surface area contributed by atoms with E-state index in [1.807, 2.05) is 0 Å². The number of nitrogens with zero attached hydrogens (tertiary/aromatic N) is 2. The lowest BCUT2D eigenvalue weighted by Gasteiger charge is -2.15. The van der Waals surface area contributed by atoms with Crippen molar-refractivity contribution in [3.63, 3.8) is 0 Å². The van der Waals surface area contributed by atoms with E-state index in [9.17, 15) is 27.6 Å². The highest BCUT2D eigenvalue weighted by Gasteiger charge is 2.35. The number of thioether (sulfide) groups is 1. The molecule has 0 aliphatic carbocycles. The van der Waals surface area contributed by atoms with Crippen molar-refractivity contribution in [2.45, 2.75) is 11.1 Å². The summed E-state index contributed by atoms with van der Waals surface area (Å²) in [6.07, 6.45) is -4.86. The van der Waals surface area contributed by atoms with E-state index in [2.05, 4.69) is 15.9 Å². The van der Waals surface area contributed by atoms with Gasteiger partial charge in [0.2, 0.25) is 0 Å². The van der Waals surface area contributed by atoms with E-state index in [-0.39, 0.29) is 17.2 Å². The molecule has 1 N–H and O–H groups in total. The van der Waals surface area contributed by atoms with Crippen molar-refractivity contribution in [1.82, 2.24) is 9.13 Å². The first kappa shape index (κ1) is 23.7. The molecule has 3 aromatic rings. The first-order valence-electron chi connectivity index (χ1n) is 8.80. The number of ether oxygens (including phenoxy) is 1. The predicted molar refractivity (Wildman–Crippen MR) is 115 cm³/mol. The van der Waals surface area contributed by atoms with Gasteiger partial charge in [-0.2, -0.15) is 13.2 Å². The van der Waals surface area contributed by atoms with Gasteiger partial charge >= 0.3 is 17.8 Å². The minimum Gasteiger partial charge on any atom is -0.481 e. The van der Waals surface area contributed by atoms with Gasteiger partial charge in [0, 0.05) is 19.2 Å². The number of carboxylic acids is 1. The Kier molecular flexibility index (Phi) is 6.84. The normalized spacial score (nSPS) is 11.4. The predicted octanol–water partition coefficient (Wildman–Crippen LogP) is 4.29. The monoisotopic (exact) mass is 530 g/mol. The molecule has 0 atom stereocenters. The van der Waals surface area contributed by atoms with E-state index in [0.717, 1.165) is 18.8 Å². The molecule has 0 saturated carbocycles. The molecular weight excluding hydrogens is 517 g/mol. The van der Waals surface area contributed by atoms with Crippen molar-refractivity contribution in [1.29, 1.82) is 0 Å². The van der Waals surface area contributed by atoms with Crippen molar-refractivity contribution < 1.29 is 27.8 Å². The fourth-order valence-electron chi connectivity index (χ4n) is 2.76. The molecule has 0 aliphatic rings. The summed E-state index contributed by atoms with van der Waals surface area (Å²) in [6.45, 7) is 0. The molecule has 7 nitrogen and oxygen atoms in total. The molecule has 2 aromatic carbocycles. The molecular formula is C20H14BrF3N2O5S. The van der Waals surface area contributed by atoms with Gasteiger partial charge in [-0.05, 0) is 40.2 Å². The number of hydrogen-bond donors (Lipinski definition) is 1. The second-order valence-electron chi connectivity index (χ2n) is 6.39. The summed E-state index contributed by atoms with van der Waals surface area (Å²) in [6, 6.07) is 11.2. The van der Waals surface area contributed by atoms with Gasteiger partial charge < -0.3 is 9.84 Å². The highest BCUT2D eigenvalue weighted by atomic mass is 79.9. The molecule has 0 unspecified atom stereocenters. The van der Waals surface area contributed by atoms with E-state index >= 15 is 0 Å². The summed E-state index contributed by atoms with van der Waals surface area (Å²) in [5.74, 6) is -0.715. The van der Waals surface area contributed by atoms with Crippen LogP contribution in [0.5, 0.6) is 11.5 Å². The Morgan fingerprint density at radius 3 is 2.47 bits per heavy atom. The zero-order valence-electron chi connectivity index (χ0n) is 16.2. The molecule has 0 fully saturated rings.